The molecule has 1 aromatic carbocycles. The Morgan fingerprint density at radius 1 is 1.38 bits per heavy atom. The summed E-state index contributed by atoms with van der Waals surface area (Å²) < 4.78 is 0. The summed E-state index contributed by atoms with van der Waals surface area (Å²) in [6.45, 7) is 3.88. The monoisotopic (exact) mass is 171 g/mol. The number of H-pyrrole nitrogens is 1. The van der Waals surface area contributed by atoms with E-state index in [1.807, 2.05) is 26.0 Å². The Balaban J connectivity index is 2.94. The Morgan fingerprint density at radius 2 is 2.15 bits per heavy atom. The minimum absolute atomic E-state index is 0.654. The van der Waals surface area contributed by atoms with Crippen LogP contribution in [0.15, 0.2) is 12.1 Å². The Morgan fingerprint density at radius 3 is 2.85 bits per heavy atom. The summed E-state index contributed by atoms with van der Waals surface area (Å²) in [6.07, 6.45) is 0. The molecular weight excluding hydrogens is 162 g/mol. The van der Waals surface area contributed by atoms with Gasteiger partial charge in [0.1, 0.15) is 11.9 Å². The van der Waals surface area contributed by atoms with E-state index in [0.29, 0.717) is 5.56 Å². The second-order valence-corrected chi connectivity index (χ2v) is 3.09. The predicted molar refractivity (Wildman–Crippen MR) is 50.3 cm³/mol. The molecule has 0 bridgehead atoms. The van der Waals surface area contributed by atoms with E-state index in [1.54, 1.807) is 0 Å². The number of nitrogens with zero attached hydrogens (tertiary/aromatic N) is 2. The van der Waals surface area contributed by atoms with Gasteiger partial charge in [0.2, 0.25) is 0 Å². The van der Waals surface area contributed by atoms with E-state index < -0.39 is 0 Å². The highest BCUT2D eigenvalue weighted by Crippen LogP contribution is 2.19. The third-order valence-corrected chi connectivity index (χ3v) is 2.09. The number of aryl methyl sites for hydroxylation is 2. The van der Waals surface area contributed by atoms with Crippen molar-refractivity contribution in [2.75, 3.05) is 0 Å². The van der Waals surface area contributed by atoms with Gasteiger partial charge in [-0.05, 0) is 25.5 Å². The van der Waals surface area contributed by atoms with E-state index in [4.69, 9.17) is 5.26 Å². The van der Waals surface area contributed by atoms with Crippen LogP contribution in [0.5, 0.6) is 0 Å². The first-order valence-corrected chi connectivity index (χ1v) is 4.08. The van der Waals surface area contributed by atoms with Gasteiger partial charge in [-0.1, -0.05) is 6.07 Å². The number of rotatable bonds is 0. The normalized spacial score (nSPS) is 10.2. The lowest BCUT2D eigenvalue weighted by Crippen LogP contribution is -1.81. The highest BCUT2D eigenvalue weighted by molar-refractivity contribution is 5.84. The lowest BCUT2D eigenvalue weighted by atomic mass is 10.1. The van der Waals surface area contributed by atoms with E-state index in [1.165, 1.54) is 0 Å². The largest absolute Gasteiger partial charge is 0.341 e. The molecule has 0 atom stereocenters. The third-order valence-electron chi connectivity index (χ3n) is 2.09. The van der Waals surface area contributed by atoms with Gasteiger partial charge in [-0.15, -0.1) is 0 Å². The number of aromatic nitrogens is 2. The van der Waals surface area contributed by atoms with E-state index in [-0.39, 0.29) is 0 Å². The summed E-state index contributed by atoms with van der Waals surface area (Å²) in [7, 11) is 0. The Bertz CT molecular complexity index is 503. The van der Waals surface area contributed by atoms with Gasteiger partial charge >= 0.3 is 0 Å². The quantitative estimate of drug-likeness (QED) is 0.659. The second kappa shape index (κ2) is 2.60. The molecule has 1 heterocycles. The molecule has 0 amide bonds. The molecule has 0 fully saturated rings. The predicted octanol–water partition coefficient (Wildman–Crippen LogP) is 2.05. The van der Waals surface area contributed by atoms with E-state index >= 15 is 0 Å². The van der Waals surface area contributed by atoms with Crippen LogP contribution in [0.2, 0.25) is 0 Å². The van der Waals surface area contributed by atoms with Crippen molar-refractivity contribution in [1.82, 2.24) is 9.97 Å². The molecule has 3 nitrogen and oxygen atoms in total. The molecule has 0 radical (unpaired) electrons. The molecule has 1 aromatic heterocycles. The number of nitriles is 1. The summed E-state index contributed by atoms with van der Waals surface area (Å²) in [5.74, 6) is 0.848. The number of nitrogens with one attached hydrogen (secondary N) is 1. The lowest BCUT2D eigenvalue weighted by Gasteiger charge is -1.94. The molecule has 0 aliphatic carbocycles. The topological polar surface area (TPSA) is 52.5 Å². The van der Waals surface area contributed by atoms with Gasteiger partial charge in [0.25, 0.3) is 0 Å². The van der Waals surface area contributed by atoms with E-state index in [2.05, 4.69) is 16.0 Å². The van der Waals surface area contributed by atoms with Gasteiger partial charge in [-0.25, -0.2) is 4.98 Å². The van der Waals surface area contributed by atoms with Crippen LogP contribution in [0, 0.1) is 25.2 Å². The summed E-state index contributed by atoms with van der Waals surface area (Å²) >= 11 is 0. The molecule has 0 saturated heterocycles. The fourth-order valence-corrected chi connectivity index (χ4v) is 1.44. The minimum atomic E-state index is 0.654. The van der Waals surface area contributed by atoms with Crippen molar-refractivity contribution >= 4 is 11.0 Å². The maximum absolute atomic E-state index is 8.84. The van der Waals surface area contributed by atoms with Gasteiger partial charge < -0.3 is 4.98 Å². The maximum atomic E-state index is 8.84. The standard InChI is InChI=1S/C10H9N3/c1-6-3-4-8(5-11)10-9(6)12-7(2)13-10/h3-4H,1-2H3,(H,12,13). The highest BCUT2D eigenvalue weighted by Gasteiger charge is 2.06. The fraction of sp³-hybridized carbons (Fsp3) is 0.200. The van der Waals surface area contributed by atoms with Crippen molar-refractivity contribution in [3.05, 3.63) is 29.1 Å². The minimum Gasteiger partial charge on any atom is -0.341 e. The van der Waals surface area contributed by atoms with Crippen LogP contribution in [0.3, 0.4) is 0 Å². The number of hydrogen-bond acceptors (Lipinski definition) is 2. The van der Waals surface area contributed by atoms with Crippen molar-refractivity contribution < 1.29 is 0 Å². The summed E-state index contributed by atoms with van der Waals surface area (Å²) in [5.41, 5.74) is 3.50. The summed E-state index contributed by atoms with van der Waals surface area (Å²) in [6, 6.07) is 5.87. The Labute approximate surface area is 76.0 Å². The highest BCUT2D eigenvalue weighted by atomic mass is 14.9. The molecule has 0 unspecified atom stereocenters. The van der Waals surface area contributed by atoms with Crippen LogP contribution in [0.4, 0.5) is 0 Å². The van der Waals surface area contributed by atoms with Crippen molar-refractivity contribution in [1.29, 1.82) is 5.26 Å². The molecular formula is C10H9N3. The third kappa shape index (κ3) is 1.07. The molecule has 1 N–H and O–H groups in total. The molecule has 3 heteroatoms. The molecule has 13 heavy (non-hydrogen) atoms. The van der Waals surface area contributed by atoms with Crippen LogP contribution in [0.25, 0.3) is 11.0 Å². The van der Waals surface area contributed by atoms with Crippen molar-refractivity contribution in [3.63, 3.8) is 0 Å². The average Bonchev–Trinajstić information content (AvgIpc) is 2.48. The zero-order valence-corrected chi connectivity index (χ0v) is 7.55. The van der Waals surface area contributed by atoms with Gasteiger partial charge in [0.15, 0.2) is 0 Å². The first-order valence-electron chi connectivity index (χ1n) is 4.08. The number of imidazole rings is 1. The van der Waals surface area contributed by atoms with Gasteiger partial charge in [-0.2, -0.15) is 5.26 Å². The van der Waals surface area contributed by atoms with Crippen LogP contribution < -0.4 is 0 Å². The van der Waals surface area contributed by atoms with Crippen LogP contribution in [-0.4, -0.2) is 9.97 Å². The first-order chi connectivity index (χ1) is 6.22. The van der Waals surface area contributed by atoms with Gasteiger partial charge in [0, 0.05) is 0 Å². The molecule has 0 aliphatic heterocycles. The van der Waals surface area contributed by atoms with Crippen LogP contribution in [0.1, 0.15) is 17.0 Å². The fourth-order valence-electron chi connectivity index (χ4n) is 1.44. The molecule has 0 spiro atoms. The lowest BCUT2D eigenvalue weighted by molar-refractivity contribution is 1.17. The first kappa shape index (κ1) is 7.81. The molecule has 0 aliphatic rings. The van der Waals surface area contributed by atoms with Crippen LogP contribution >= 0.6 is 0 Å². The molecule has 64 valence electrons. The average molecular weight is 171 g/mol. The smallest absolute Gasteiger partial charge is 0.104 e. The van der Waals surface area contributed by atoms with Crippen molar-refractivity contribution in [3.8, 4) is 6.07 Å². The molecule has 2 aromatic rings. The number of benzene rings is 1. The Hall–Kier alpha value is -1.82. The molecule has 0 saturated carbocycles. The SMILES string of the molecule is Cc1nc2c(C)ccc(C#N)c2[nH]1. The summed E-state index contributed by atoms with van der Waals surface area (Å²) in [4.78, 5) is 7.40. The van der Waals surface area contributed by atoms with Crippen molar-refractivity contribution in [2.45, 2.75) is 13.8 Å². The van der Waals surface area contributed by atoms with E-state index in [0.717, 1.165) is 22.4 Å². The number of fused-ring (bicyclic) bond motifs is 1. The molecule has 2 rings (SSSR count). The second-order valence-electron chi connectivity index (χ2n) is 3.09. The van der Waals surface area contributed by atoms with E-state index in [9.17, 15) is 0 Å². The zero-order chi connectivity index (χ0) is 9.42. The maximum Gasteiger partial charge on any atom is 0.104 e. The number of aromatic amines is 1. The summed E-state index contributed by atoms with van der Waals surface area (Å²) in [5, 5.41) is 8.84. The van der Waals surface area contributed by atoms with Gasteiger partial charge in [-0.3, -0.25) is 0 Å². The Kier molecular flexibility index (Phi) is 1.56. The van der Waals surface area contributed by atoms with Crippen molar-refractivity contribution in [2.24, 2.45) is 0 Å². The zero-order valence-electron chi connectivity index (χ0n) is 7.55. The van der Waals surface area contributed by atoms with Crippen LogP contribution in [-0.2, 0) is 0 Å². The van der Waals surface area contributed by atoms with Gasteiger partial charge in [0.05, 0.1) is 16.6 Å². The number of hydrogen-bond donors (Lipinski definition) is 1.